The molecule has 1 aromatic carbocycles. The first-order valence-corrected chi connectivity index (χ1v) is 8.73. The molecule has 1 heterocycles. The lowest BCUT2D eigenvalue weighted by Crippen LogP contribution is -2.06. The molecule has 0 bridgehead atoms. The molecule has 0 radical (unpaired) electrons. The lowest BCUT2D eigenvalue weighted by Gasteiger charge is -2.12. The molecule has 0 aliphatic rings. The Bertz CT molecular complexity index is 846. The van der Waals surface area contributed by atoms with Crippen LogP contribution in [0.15, 0.2) is 24.3 Å². The number of ether oxygens (including phenoxy) is 4. The summed E-state index contributed by atoms with van der Waals surface area (Å²) in [5.41, 5.74) is 1.45. The van der Waals surface area contributed by atoms with Crippen molar-refractivity contribution in [2.24, 2.45) is 0 Å². The summed E-state index contributed by atoms with van der Waals surface area (Å²) < 4.78 is 20.6. The second kappa shape index (κ2) is 9.09. The van der Waals surface area contributed by atoms with Gasteiger partial charge in [0.1, 0.15) is 4.88 Å². The summed E-state index contributed by atoms with van der Waals surface area (Å²) in [6.07, 6.45) is 3.01. The summed E-state index contributed by atoms with van der Waals surface area (Å²) in [6, 6.07) is 5.19. The molecule has 2 rings (SSSR count). The Hall–Kier alpha value is -3.00. The molecular weight excluding hydrogens is 370 g/mol. The highest BCUT2D eigenvalue weighted by Gasteiger charge is 2.15. The number of aryl methyl sites for hydroxylation is 1. The van der Waals surface area contributed by atoms with Crippen molar-refractivity contribution >= 4 is 34.3 Å². The van der Waals surface area contributed by atoms with Crippen molar-refractivity contribution in [3.8, 4) is 17.2 Å². The van der Waals surface area contributed by atoms with Crippen molar-refractivity contribution in [1.29, 1.82) is 0 Å². The van der Waals surface area contributed by atoms with Crippen LogP contribution >= 0.6 is 11.3 Å². The van der Waals surface area contributed by atoms with E-state index in [1.54, 1.807) is 31.2 Å². The van der Waals surface area contributed by atoms with Crippen molar-refractivity contribution in [3.05, 3.63) is 40.3 Å². The van der Waals surface area contributed by atoms with Gasteiger partial charge in [-0.05, 0) is 42.3 Å². The first-order chi connectivity index (χ1) is 12.9. The number of hydrogen-bond donors (Lipinski definition) is 1. The van der Waals surface area contributed by atoms with E-state index >= 15 is 0 Å². The fourth-order valence-corrected chi connectivity index (χ4v) is 3.37. The lowest BCUT2D eigenvalue weighted by molar-refractivity contribution is -0.111. The number of nitrogens with one attached hydrogen (secondary N) is 1. The molecule has 0 spiro atoms. The van der Waals surface area contributed by atoms with Gasteiger partial charge in [-0.1, -0.05) is 0 Å². The molecule has 0 saturated carbocycles. The van der Waals surface area contributed by atoms with Gasteiger partial charge in [-0.3, -0.25) is 4.79 Å². The van der Waals surface area contributed by atoms with Crippen molar-refractivity contribution in [2.75, 3.05) is 33.8 Å². The third-order valence-corrected chi connectivity index (χ3v) is 4.78. The minimum atomic E-state index is -0.425. The zero-order chi connectivity index (χ0) is 20.0. The van der Waals surface area contributed by atoms with Crippen LogP contribution in [-0.2, 0) is 9.53 Å². The molecule has 27 heavy (non-hydrogen) atoms. The van der Waals surface area contributed by atoms with Gasteiger partial charge in [0.05, 0.1) is 33.4 Å². The number of rotatable bonds is 7. The molecule has 1 N–H and O–H groups in total. The minimum absolute atomic E-state index is 0.332. The van der Waals surface area contributed by atoms with Gasteiger partial charge in [-0.25, -0.2) is 4.79 Å². The van der Waals surface area contributed by atoms with Crippen LogP contribution in [0.1, 0.15) is 20.8 Å². The summed E-state index contributed by atoms with van der Waals surface area (Å²) in [7, 11) is 5.89. The zero-order valence-electron chi connectivity index (χ0n) is 15.7. The van der Waals surface area contributed by atoms with Crippen LogP contribution in [0.5, 0.6) is 17.2 Å². The van der Waals surface area contributed by atoms with Crippen molar-refractivity contribution in [3.63, 3.8) is 0 Å². The number of carbonyl (C=O) groups excluding carboxylic acids is 2. The molecule has 8 heteroatoms. The highest BCUT2D eigenvalue weighted by atomic mass is 32.1. The van der Waals surface area contributed by atoms with E-state index in [0.717, 1.165) is 16.9 Å². The maximum absolute atomic E-state index is 12.2. The quantitative estimate of drug-likeness (QED) is 0.574. The fourth-order valence-electron chi connectivity index (χ4n) is 2.37. The zero-order valence-corrected chi connectivity index (χ0v) is 16.6. The molecule has 0 unspecified atom stereocenters. The maximum atomic E-state index is 12.2. The third kappa shape index (κ3) is 4.79. The summed E-state index contributed by atoms with van der Waals surface area (Å²) in [5, 5.41) is 3.29. The highest BCUT2D eigenvalue weighted by molar-refractivity contribution is 7.18. The van der Waals surface area contributed by atoms with Gasteiger partial charge in [0, 0.05) is 6.08 Å². The summed E-state index contributed by atoms with van der Waals surface area (Å²) in [4.78, 5) is 24.3. The molecule has 7 nitrogen and oxygen atoms in total. The summed E-state index contributed by atoms with van der Waals surface area (Å²) in [5.74, 6) is 0.709. The Morgan fingerprint density at radius 2 is 1.63 bits per heavy atom. The number of thiophene rings is 1. The van der Waals surface area contributed by atoms with Crippen LogP contribution in [0, 0.1) is 6.92 Å². The van der Waals surface area contributed by atoms with Crippen LogP contribution < -0.4 is 19.5 Å². The average Bonchev–Trinajstić information content (AvgIpc) is 3.04. The Morgan fingerprint density at radius 1 is 1.00 bits per heavy atom. The predicted octanol–water partition coefficient (Wildman–Crippen LogP) is 3.52. The first kappa shape index (κ1) is 20.3. The van der Waals surface area contributed by atoms with Crippen molar-refractivity contribution in [2.45, 2.75) is 6.92 Å². The smallest absolute Gasteiger partial charge is 0.348 e. The number of anilines is 1. The monoisotopic (exact) mass is 391 g/mol. The van der Waals surface area contributed by atoms with Crippen LogP contribution in [-0.4, -0.2) is 40.3 Å². The molecule has 0 aliphatic heterocycles. The number of esters is 1. The molecule has 0 saturated heterocycles. The predicted molar refractivity (Wildman–Crippen MR) is 104 cm³/mol. The third-order valence-electron chi connectivity index (χ3n) is 3.65. The second-order valence-electron chi connectivity index (χ2n) is 5.40. The van der Waals surface area contributed by atoms with Crippen LogP contribution in [0.2, 0.25) is 0 Å². The van der Waals surface area contributed by atoms with Gasteiger partial charge < -0.3 is 24.3 Å². The topological polar surface area (TPSA) is 83.1 Å². The molecule has 144 valence electrons. The first-order valence-electron chi connectivity index (χ1n) is 7.91. The number of hydrogen-bond acceptors (Lipinski definition) is 7. The fraction of sp³-hybridized carbons (Fsp3) is 0.263. The van der Waals surface area contributed by atoms with E-state index in [9.17, 15) is 9.59 Å². The van der Waals surface area contributed by atoms with Gasteiger partial charge in [-0.15, -0.1) is 11.3 Å². The largest absolute Gasteiger partial charge is 0.493 e. The van der Waals surface area contributed by atoms with Gasteiger partial charge in [0.15, 0.2) is 11.5 Å². The molecule has 1 amide bonds. The Balaban J connectivity index is 2.16. The van der Waals surface area contributed by atoms with Crippen molar-refractivity contribution < 1.29 is 28.5 Å². The number of benzene rings is 1. The van der Waals surface area contributed by atoms with Crippen LogP contribution in [0.4, 0.5) is 5.00 Å². The van der Waals surface area contributed by atoms with E-state index in [-0.39, 0.29) is 5.91 Å². The van der Waals surface area contributed by atoms with Crippen LogP contribution in [0.3, 0.4) is 0 Å². The van der Waals surface area contributed by atoms with E-state index < -0.39 is 5.97 Å². The average molecular weight is 391 g/mol. The number of carbonyl (C=O) groups is 2. The number of methoxy groups -OCH3 is 4. The molecule has 2 aromatic rings. The van der Waals surface area contributed by atoms with E-state index in [1.807, 2.05) is 0 Å². The standard InChI is InChI=1S/C19H21NO6S/c1-11-8-16(27-18(11)19(22)26-5)20-15(21)7-6-12-9-13(23-2)17(25-4)14(10-12)24-3/h6-10H,1-5H3,(H,20,21)/b7-6+. The summed E-state index contributed by atoms with van der Waals surface area (Å²) >= 11 is 1.16. The summed E-state index contributed by atoms with van der Waals surface area (Å²) in [6.45, 7) is 1.78. The van der Waals surface area contributed by atoms with Gasteiger partial charge in [0.25, 0.3) is 0 Å². The van der Waals surface area contributed by atoms with E-state index in [0.29, 0.717) is 32.7 Å². The van der Waals surface area contributed by atoms with Gasteiger partial charge in [0.2, 0.25) is 11.7 Å². The van der Waals surface area contributed by atoms with Gasteiger partial charge >= 0.3 is 5.97 Å². The second-order valence-corrected chi connectivity index (χ2v) is 6.45. The van der Waals surface area contributed by atoms with Gasteiger partial charge in [-0.2, -0.15) is 0 Å². The Morgan fingerprint density at radius 3 is 2.15 bits per heavy atom. The molecule has 0 fully saturated rings. The molecule has 0 atom stereocenters. The van der Waals surface area contributed by atoms with Crippen LogP contribution in [0.25, 0.3) is 6.08 Å². The Labute approximate surface area is 161 Å². The van der Waals surface area contributed by atoms with E-state index in [4.69, 9.17) is 18.9 Å². The maximum Gasteiger partial charge on any atom is 0.348 e. The highest BCUT2D eigenvalue weighted by Crippen LogP contribution is 2.38. The minimum Gasteiger partial charge on any atom is -0.493 e. The van der Waals surface area contributed by atoms with E-state index in [2.05, 4.69) is 5.32 Å². The number of amides is 1. The Kier molecular flexibility index (Phi) is 6.84. The SMILES string of the molecule is COC(=O)c1sc(NC(=O)/C=C/c2cc(OC)c(OC)c(OC)c2)cc1C. The molecular formula is C19H21NO6S. The normalized spacial score (nSPS) is 10.6. The van der Waals surface area contributed by atoms with Crippen molar-refractivity contribution in [1.82, 2.24) is 0 Å². The molecule has 1 aromatic heterocycles. The van der Waals surface area contributed by atoms with E-state index in [1.165, 1.54) is 34.5 Å². The molecule has 0 aliphatic carbocycles. The lowest BCUT2D eigenvalue weighted by atomic mass is 10.1.